The Kier molecular flexibility index (Phi) is 2.59. The van der Waals surface area contributed by atoms with Gasteiger partial charge in [-0.3, -0.25) is 0 Å². The summed E-state index contributed by atoms with van der Waals surface area (Å²) in [6.07, 6.45) is 0.139. The molecule has 4 nitrogen and oxygen atoms in total. The fourth-order valence-electron chi connectivity index (χ4n) is 1.87. The molecular formula is C12H14O4. The lowest BCUT2D eigenvalue weighted by atomic mass is 9.97. The third-order valence-corrected chi connectivity index (χ3v) is 3.00. The Morgan fingerprint density at radius 3 is 2.50 bits per heavy atom. The van der Waals surface area contributed by atoms with Gasteiger partial charge in [0.15, 0.2) is 5.60 Å². The number of hydrogen-bond acceptors (Lipinski definition) is 3. The number of rotatable bonds is 4. The summed E-state index contributed by atoms with van der Waals surface area (Å²) in [6, 6.07) is 7.28. The Morgan fingerprint density at radius 1 is 1.50 bits per heavy atom. The van der Waals surface area contributed by atoms with E-state index in [1.54, 1.807) is 19.2 Å². The summed E-state index contributed by atoms with van der Waals surface area (Å²) in [7, 11) is 1.59. The van der Waals surface area contributed by atoms with Gasteiger partial charge in [0.2, 0.25) is 0 Å². The van der Waals surface area contributed by atoms with Gasteiger partial charge in [-0.25, -0.2) is 4.79 Å². The molecule has 2 atom stereocenters. The zero-order valence-electron chi connectivity index (χ0n) is 9.27. The van der Waals surface area contributed by atoms with Crippen molar-refractivity contribution in [2.75, 3.05) is 7.11 Å². The number of aliphatic carboxylic acids is 1. The Hall–Kier alpha value is -1.55. The summed E-state index contributed by atoms with van der Waals surface area (Å²) in [4.78, 5) is 11.1. The number of carboxylic acids is 1. The predicted octanol–water partition coefficient (Wildman–Crippen LogP) is 2.00. The van der Waals surface area contributed by atoms with Crippen molar-refractivity contribution in [2.45, 2.75) is 25.0 Å². The van der Waals surface area contributed by atoms with E-state index in [0.717, 1.165) is 11.3 Å². The summed E-state index contributed by atoms with van der Waals surface area (Å²) in [6.45, 7) is 1.82. The third-order valence-electron chi connectivity index (χ3n) is 3.00. The van der Waals surface area contributed by atoms with Crippen molar-refractivity contribution < 1.29 is 19.4 Å². The molecule has 0 aliphatic carbocycles. The van der Waals surface area contributed by atoms with Gasteiger partial charge in [-0.15, -0.1) is 0 Å². The van der Waals surface area contributed by atoms with Crippen LogP contribution < -0.4 is 4.74 Å². The molecule has 0 bridgehead atoms. The summed E-state index contributed by atoms with van der Waals surface area (Å²) in [5.41, 5.74) is -0.140. The van der Waals surface area contributed by atoms with Gasteiger partial charge >= 0.3 is 5.97 Å². The molecule has 1 aliphatic heterocycles. The quantitative estimate of drug-likeness (QED) is 0.791. The van der Waals surface area contributed by atoms with Crippen LogP contribution >= 0.6 is 0 Å². The first-order valence-electron chi connectivity index (χ1n) is 5.19. The maximum Gasteiger partial charge on any atom is 0.339 e. The number of epoxide rings is 1. The van der Waals surface area contributed by atoms with Gasteiger partial charge in [-0.05, 0) is 24.1 Å². The normalized spacial score (nSPS) is 27.5. The Labute approximate surface area is 93.8 Å². The van der Waals surface area contributed by atoms with Crippen molar-refractivity contribution in [1.29, 1.82) is 0 Å². The van der Waals surface area contributed by atoms with Gasteiger partial charge in [-0.2, -0.15) is 0 Å². The van der Waals surface area contributed by atoms with Crippen LogP contribution in [0.15, 0.2) is 24.3 Å². The highest BCUT2D eigenvalue weighted by atomic mass is 16.6. The number of carbonyl (C=O) groups is 1. The highest BCUT2D eigenvalue weighted by Gasteiger charge is 2.62. The largest absolute Gasteiger partial charge is 0.497 e. The van der Waals surface area contributed by atoms with E-state index >= 15 is 0 Å². The second-order valence-electron chi connectivity index (χ2n) is 3.82. The molecule has 0 aromatic heterocycles. The molecule has 1 aromatic rings. The van der Waals surface area contributed by atoms with Crippen LogP contribution in [0.3, 0.4) is 0 Å². The first-order valence-corrected chi connectivity index (χ1v) is 5.19. The van der Waals surface area contributed by atoms with E-state index in [-0.39, 0.29) is 6.10 Å². The summed E-state index contributed by atoms with van der Waals surface area (Å²) >= 11 is 0. The van der Waals surface area contributed by atoms with Gasteiger partial charge in [0.05, 0.1) is 7.11 Å². The fraction of sp³-hybridized carbons (Fsp3) is 0.417. The number of ether oxygens (including phenoxy) is 2. The molecule has 1 saturated heterocycles. The van der Waals surface area contributed by atoms with Crippen LogP contribution in [0.2, 0.25) is 0 Å². The van der Waals surface area contributed by atoms with Crippen molar-refractivity contribution in [3.05, 3.63) is 29.8 Å². The minimum Gasteiger partial charge on any atom is -0.497 e. The van der Waals surface area contributed by atoms with Crippen molar-refractivity contribution in [3.63, 3.8) is 0 Å². The molecule has 0 spiro atoms. The van der Waals surface area contributed by atoms with Crippen LogP contribution in [0.4, 0.5) is 0 Å². The van der Waals surface area contributed by atoms with E-state index in [2.05, 4.69) is 0 Å². The average molecular weight is 222 g/mol. The SMILES string of the molecule is CCC1(C(=O)O)OC1c1ccc(OC)cc1. The van der Waals surface area contributed by atoms with Crippen molar-refractivity contribution in [3.8, 4) is 5.75 Å². The van der Waals surface area contributed by atoms with E-state index in [0.29, 0.717) is 6.42 Å². The van der Waals surface area contributed by atoms with Crippen molar-refractivity contribution in [1.82, 2.24) is 0 Å². The zero-order valence-corrected chi connectivity index (χ0v) is 9.27. The van der Waals surface area contributed by atoms with Gasteiger partial charge in [-0.1, -0.05) is 19.1 Å². The first kappa shape index (κ1) is 11.0. The monoisotopic (exact) mass is 222 g/mol. The Balaban J connectivity index is 2.18. The fourth-order valence-corrected chi connectivity index (χ4v) is 1.87. The summed E-state index contributed by atoms with van der Waals surface area (Å²) in [5, 5.41) is 9.09. The molecule has 2 unspecified atom stereocenters. The average Bonchev–Trinajstić information content (AvgIpc) is 3.05. The molecule has 0 amide bonds. The van der Waals surface area contributed by atoms with Crippen LogP contribution in [0.25, 0.3) is 0 Å². The second-order valence-corrected chi connectivity index (χ2v) is 3.82. The minimum absolute atomic E-state index is 0.332. The highest BCUT2D eigenvalue weighted by Crippen LogP contribution is 2.52. The summed E-state index contributed by atoms with van der Waals surface area (Å²) < 4.78 is 10.4. The summed E-state index contributed by atoms with van der Waals surface area (Å²) in [5.74, 6) is -0.141. The van der Waals surface area contributed by atoms with Crippen molar-refractivity contribution in [2.24, 2.45) is 0 Å². The van der Waals surface area contributed by atoms with Gasteiger partial charge in [0.25, 0.3) is 0 Å². The molecular weight excluding hydrogens is 208 g/mol. The Bertz CT molecular complexity index is 398. The number of carboxylic acid groups (broad SMARTS) is 1. The molecule has 0 saturated carbocycles. The lowest BCUT2D eigenvalue weighted by Gasteiger charge is -2.04. The first-order chi connectivity index (χ1) is 7.64. The predicted molar refractivity (Wildman–Crippen MR) is 57.5 cm³/mol. The maximum atomic E-state index is 11.1. The molecule has 86 valence electrons. The van der Waals surface area contributed by atoms with E-state index in [1.807, 2.05) is 19.1 Å². The number of benzene rings is 1. The van der Waals surface area contributed by atoms with Crippen LogP contribution in [-0.4, -0.2) is 23.8 Å². The number of methoxy groups -OCH3 is 1. The van der Waals surface area contributed by atoms with Crippen LogP contribution in [0.5, 0.6) is 5.75 Å². The zero-order chi connectivity index (χ0) is 11.8. The minimum atomic E-state index is -1.02. The molecule has 1 fully saturated rings. The lowest BCUT2D eigenvalue weighted by molar-refractivity contribution is -0.143. The molecule has 1 N–H and O–H groups in total. The highest BCUT2D eigenvalue weighted by molar-refractivity contribution is 5.81. The molecule has 1 aliphatic rings. The van der Waals surface area contributed by atoms with E-state index < -0.39 is 11.6 Å². The van der Waals surface area contributed by atoms with Gasteiger partial charge in [0, 0.05) is 0 Å². The topological polar surface area (TPSA) is 59.1 Å². The second kappa shape index (κ2) is 3.79. The smallest absolute Gasteiger partial charge is 0.339 e. The van der Waals surface area contributed by atoms with Crippen LogP contribution in [-0.2, 0) is 9.53 Å². The maximum absolute atomic E-state index is 11.1. The molecule has 0 radical (unpaired) electrons. The molecule has 16 heavy (non-hydrogen) atoms. The molecule has 2 rings (SSSR count). The van der Waals surface area contributed by atoms with E-state index in [9.17, 15) is 4.79 Å². The standard InChI is InChI=1S/C12H14O4/c1-3-12(11(13)14)10(16-12)8-4-6-9(15-2)7-5-8/h4-7,10H,3H2,1-2H3,(H,13,14). The Morgan fingerprint density at radius 2 is 2.12 bits per heavy atom. The molecule has 1 aromatic carbocycles. The van der Waals surface area contributed by atoms with Crippen molar-refractivity contribution >= 4 is 5.97 Å². The van der Waals surface area contributed by atoms with Gasteiger partial charge in [0.1, 0.15) is 11.9 Å². The van der Waals surface area contributed by atoms with Gasteiger partial charge < -0.3 is 14.6 Å². The van der Waals surface area contributed by atoms with Crippen LogP contribution in [0.1, 0.15) is 25.0 Å². The third kappa shape index (κ3) is 1.55. The molecule has 4 heteroatoms. The number of hydrogen-bond donors (Lipinski definition) is 1. The van der Waals surface area contributed by atoms with E-state index in [4.69, 9.17) is 14.6 Å². The lowest BCUT2D eigenvalue weighted by Crippen LogP contribution is -2.23. The van der Waals surface area contributed by atoms with Crippen LogP contribution in [0, 0.1) is 0 Å². The molecule has 1 heterocycles. The van der Waals surface area contributed by atoms with E-state index in [1.165, 1.54) is 0 Å².